The summed E-state index contributed by atoms with van der Waals surface area (Å²) < 4.78 is 32.6. The molecule has 1 aromatic heterocycles. The van der Waals surface area contributed by atoms with Crippen LogP contribution in [0.5, 0.6) is 0 Å². The third-order valence-electron chi connectivity index (χ3n) is 4.18. The summed E-state index contributed by atoms with van der Waals surface area (Å²) in [7, 11) is -3.54. The molecule has 0 aromatic carbocycles. The van der Waals surface area contributed by atoms with E-state index in [2.05, 4.69) is 27.6 Å². The first-order valence-electron chi connectivity index (χ1n) is 7.40. The zero-order valence-corrected chi connectivity index (χ0v) is 14.7. The standard InChI is InChI=1S/C14H23BrN2O3S/c1-10-2-4-11(5-3-10)6-7-17-21(18,19)13-8-12(9-16)20-14(13)15/h8,10-11,17H,2-7,9,16H2,1H3. The minimum atomic E-state index is -3.54. The van der Waals surface area contributed by atoms with E-state index in [1.807, 2.05) is 0 Å². The van der Waals surface area contributed by atoms with Crippen LogP contribution in [0.4, 0.5) is 0 Å². The molecule has 2 rings (SSSR count). The number of nitrogens with two attached hydrogens (primary N) is 1. The van der Waals surface area contributed by atoms with Gasteiger partial charge >= 0.3 is 0 Å². The van der Waals surface area contributed by atoms with Crippen molar-refractivity contribution in [2.75, 3.05) is 6.54 Å². The lowest BCUT2D eigenvalue weighted by atomic mass is 9.81. The van der Waals surface area contributed by atoms with Gasteiger partial charge in [-0.25, -0.2) is 13.1 Å². The zero-order valence-electron chi connectivity index (χ0n) is 12.3. The lowest BCUT2D eigenvalue weighted by molar-refractivity contribution is 0.278. The van der Waals surface area contributed by atoms with Gasteiger partial charge in [-0.05, 0) is 34.2 Å². The van der Waals surface area contributed by atoms with Crippen LogP contribution in [-0.4, -0.2) is 15.0 Å². The molecule has 1 aromatic rings. The molecule has 0 spiro atoms. The summed E-state index contributed by atoms with van der Waals surface area (Å²) >= 11 is 3.13. The van der Waals surface area contributed by atoms with Crippen molar-refractivity contribution in [1.82, 2.24) is 4.72 Å². The summed E-state index contributed by atoms with van der Waals surface area (Å²) in [4.78, 5) is 0.125. The van der Waals surface area contributed by atoms with E-state index in [1.54, 1.807) is 0 Å². The van der Waals surface area contributed by atoms with E-state index in [9.17, 15) is 8.42 Å². The molecule has 3 N–H and O–H groups in total. The molecule has 1 heterocycles. The Bertz CT molecular complexity index is 563. The first-order valence-corrected chi connectivity index (χ1v) is 9.68. The van der Waals surface area contributed by atoms with Crippen molar-refractivity contribution in [3.63, 3.8) is 0 Å². The van der Waals surface area contributed by atoms with Crippen LogP contribution in [0.25, 0.3) is 0 Å². The molecule has 1 aliphatic carbocycles. The predicted molar refractivity (Wildman–Crippen MR) is 85.2 cm³/mol. The fraction of sp³-hybridized carbons (Fsp3) is 0.714. The predicted octanol–water partition coefficient (Wildman–Crippen LogP) is 3.00. The Morgan fingerprint density at radius 1 is 1.38 bits per heavy atom. The van der Waals surface area contributed by atoms with Gasteiger partial charge in [-0.2, -0.15) is 0 Å². The van der Waals surface area contributed by atoms with Gasteiger partial charge < -0.3 is 10.2 Å². The number of rotatable bonds is 6. The number of furan rings is 1. The zero-order chi connectivity index (χ0) is 15.5. The SMILES string of the molecule is CC1CCC(CCNS(=O)(=O)c2cc(CN)oc2Br)CC1. The molecule has 0 atom stereocenters. The minimum absolute atomic E-state index is 0.125. The van der Waals surface area contributed by atoms with E-state index in [0.717, 1.165) is 12.3 Å². The second-order valence-corrected chi connectivity index (χ2v) is 8.32. The highest BCUT2D eigenvalue weighted by atomic mass is 79.9. The molecular weight excluding hydrogens is 356 g/mol. The monoisotopic (exact) mass is 378 g/mol. The third kappa shape index (κ3) is 4.55. The van der Waals surface area contributed by atoms with Gasteiger partial charge in [0.1, 0.15) is 10.7 Å². The fourth-order valence-electron chi connectivity index (χ4n) is 2.77. The fourth-order valence-corrected chi connectivity index (χ4v) is 4.82. The Balaban J connectivity index is 1.88. The molecule has 0 radical (unpaired) electrons. The van der Waals surface area contributed by atoms with Gasteiger partial charge in [0.2, 0.25) is 10.0 Å². The molecule has 0 unspecified atom stereocenters. The quantitative estimate of drug-likeness (QED) is 0.796. The number of sulfonamides is 1. The number of nitrogens with one attached hydrogen (secondary N) is 1. The largest absolute Gasteiger partial charge is 0.452 e. The maximum absolute atomic E-state index is 12.2. The first kappa shape index (κ1) is 17.0. The first-order chi connectivity index (χ1) is 9.92. The van der Waals surface area contributed by atoms with Gasteiger partial charge in [-0.3, -0.25) is 0 Å². The van der Waals surface area contributed by atoms with Crippen molar-refractivity contribution in [2.24, 2.45) is 17.6 Å². The Morgan fingerprint density at radius 2 is 2.05 bits per heavy atom. The second kappa shape index (κ2) is 7.26. The van der Waals surface area contributed by atoms with Crippen molar-refractivity contribution >= 4 is 26.0 Å². The van der Waals surface area contributed by atoms with E-state index in [1.165, 1.54) is 31.7 Å². The molecule has 1 aliphatic rings. The van der Waals surface area contributed by atoms with Crippen molar-refractivity contribution in [1.29, 1.82) is 0 Å². The molecule has 0 aliphatic heterocycles. The lowest BCUT2D eigenvalue weighted by Crippen LogP contribution is -2.27. The molecule has 0 bridgehead atoms. The maximum Gasteiger partial charge on any atom is 0.244 e. The maximum atomic E-state index is 12.2. The molecule has 21 heavy (non-hydrogen) atoms. The van der Waals surface area contributed by atoms with Gasteiger partial charge in [-0.15, -0.1) is 0 Å². The molecule has 0 saturated heterocycles. The number of halogens is 1. The van der Waals surface area contributed by atoms with Crippen molar-refractivity contribution in [3.8, 4) is 0 Å². The average Bonchev–Trinajstić information content (AvgIpc) is 2.83. The highest BCUT2D eigenvalue weighted by Gasteiger charge is 2.23. The Labute approximate surface area is 134 Å². The molecule has 0 amide bonds. The Kier molecular flexibility index (Phi) is 5.88. The molecule has 1 saturated carbocycles. The summed E-state index contributed by atoms with van der Waals surface area (Å²) in [6.45, 7) is 2.93. The molecule has 120 valence electrons. The summed E-state index contributed by atoms with van der Waals surface area (Å²) in [6, 6.07) is 1.47. The smallest absolute Gasteiger partial charge is 0.244 e. The molecule has 7 heteroatoms. The van der Waals surface area contributed by atoms with E-state index in [-0.39, 0.29) is 16.1 Å². The van der Waals surface area contributed by atoms with Crippen LogP contribution in [0.3, 0.4) is 0 Å². The van der Waals surface area contributed by atoms with Crippen LogP contribution in [0.15, 0.2) is 20.0 Å². The van der Waals surface area contributed by atoms with E-state index in [0.29, 0.717) is 18.2 Å². The normalized spacial score (nSPS) is 23.4. The van der Waals surface area contributed by atoms with Gasteiger partial charge in [-0.1, -0.05) is 32.6 Å². The van der Waals surface area contributed by atoms with Gasteiger partial charge in [0, 0.05) is 12.6 Å². The van der Waals surface area contributed by atoms with Crippen molar-refractivity contribution < 1.29 is 12.8 Å². The van der Waals surface area contributed by atoms with Crippen LogP contribution >= 0.6 is 15.9 Å². The van der Waals surface area contributed by atoms with Crippen LogP contribution < -0.4 is 10.5 Å². The van der Waals surface area contributed by atoms with E-state index in [4.69, 9.17) is 10.2 Å². The second-order valence-electron chi connectivity index (χ2n) is 5.87. The van der Waals surface area contributed by atoms with Crippen LogP contribution in [0.2, 0.25) is 0 Å². The molecule has 1 fully saturated rings. The van der Waals surface area contributed by atoms with Gasteiger partial charge in [0.25, 0.3) is 0 Å². The number of hydrogen-bond donors (Lipinski definition) is 2. The van der Waals surface area contributed by atoms with Crippen molar-refractivity contribution in [3.05, 3.63) is 16.5 Å². The van der Waals surface area contributed by atoms with E-state index < -0.39 is 10.0 Å². The molecular formula is C14H23BrN2O3S. The topological polar surface area (TPSA) is 85.3 Å². The average molecular weight is 379 g/mol. The van der Waals surface area contributed by atoms with Crippen molar-refractivity contribution in [2.45, 2.75) is 50.5 Å². The lowest BCUT2D eigenvalue weighted by Gasteiger charge is -2.26. The molecule has 5 nitrogen and oxygen atoms in total. The minimum Gasteiger partial charge on any atom is -0.452 e. The van der Waals surface area contributed by atoms with Crippen LogP contribution in [-0.2, 0) is 16.6 Å². The number of hydrogen-bond acceptors (Lipinski definition) is 4. The highest BCUT2D eigenvalue weighted by molar-refractivity contribution is 9.10. The van der Waals surface area contributed by atoms with Crippen LogP contribution in [0, 0.1) is 11.8 Å². The van der Waals surface area contributed by atoms with Crippen LogP contribution in [0.1, 0.15) is 44.8 Å². The summed E-state index contributed by atoms with van der Waals surface area (Å²) in [6.07, 6.45) is 5.81. The summed E-state index contributed by atoms with van der Waals surface area (Å²) in [5.41, 5.74) is 5.45. The Hall–Kier alpha value is -0.370. The van der Waals surface area contributed by atoms with E-state index >= 15 is 0 Å². The highest BCUT2D eigenvalue weighted by Crippen LogP contribution is 2.30. The van der Waals surface area contributed by atoms with Gasteiger partial charge in [0.15, 0.2) is 4.67 Å². The summed E-state index contributed by atoms with van der Waals surface area (Å²) in [5.74, 6) is 1.90. The summed E-state index contributed by atoms with van der Waals surface area (Å²) in [5, 5.41) is 0. The van der Waals surface area contributed by atoms with Gasteiger partial charge in [0.05, 0.1) is 6.54 Å². The third-order valence-corrected chi connectivity index (χ3v) is 6.50. The Morgan fingerprint density at radius 3 is 2.62 bits per heavy atom.